The summed E-state index contributed by atoms with van der Waals surface area (Å²) in [5, 5.41) is 12.3. The first-order valence-electron chi connectivity index (χ1n) is 4.59. The summed E-state index contributed by atoms with van der Waals surface area (Å²) in [4.78, 5) is 0. The topological polar surface area (TPSA) is 32.3 Å². The van der Waals surface area contributed by atoms with Gasteiger partial charge < -0.3 is 10.4 Å². The molecule has 0 bridgehead atoms. The molecule has 2 nitrogen and oxygen atoms in total. The van der Waals surface area contributed by atoms with E-state index in [1.54, 1.807) is 6.08 Å². The molecule has 1 aromatic rings. The summed E-state index contributed by atoms with van der Waals surface area (Å²) in [5.41, 5.74) is 1.07. The second kappa shape index (κ2) is 6.00. The Hall–Kier alpha value is -1.54. The van der Waals surface area contributed by atoms with Gasteiger partial charge in [-0.3, -0.25) is 0 Å². The Morgan fingerprint density at radius 2 is 2.07 bits per heavy atom. The summed E-state index contributed by atoms with van der Waals surface area (Å²) in [6.07, 6.45) is 4.51. The molecule has 0 heterocycles. The number of anilines is 1. The average molecular weight is 189 g/mol. The summed E-state index contributed by atoms with van der Waals surface area (Å²) >= 11 is 0. The van der Waals surface area contributed by atoms with Crippen molar-refractivity contribution in [1.29, 1.82) is 0 Å². The van der Waals surface area contributed by atoms with Crippen LogP contribution in [0.4, 0.5) is 5.69 Å². The van der Waals surface area contributed by atoms with Crippen LogP contribution in [-0.2, 0) is 0 Å². The summed E-state index contributed by atoms with van der Waals surface area (Å²) in [7, 11) is 0. The summed E-state index contributed by atoms with van der Waals surface area (Å²) in [6, 6.07) is 9.92. The van der Waals surface area contributed by atoms with Gasteiger partial charge in [-0.2, -0.15) is 0 Å². The molecular weight excluding hydrogens is 174 g/mol. The quantitative estimate of drug-likeness (QED) is 0.696. The lowest BCUT2D eigenvalue weighted by molar-refractivity contribution is 0.272. The zero-order chi connectivity index (χ0) is 10.2. The van der Waals surface area contributed by atoms with Crippen LogP contribution in [0.3, 0.4) is 0 Å². The third kappa shape index (κ3) is 3.92. The SMILES string of the molecule is C=CC(O)C=CCNc1ccccc1. The van der Waals surface area contributed by atoms with Gasteiger partial charge in [0.25, 0.3) is 0 Å². The number of benzene rings is 1. The average Bonchev–Trinajstić information content (AvgIpc) is 2.25. The lowest BCUT2D eigenvalue weighted by atomic mass is 10.3. The van der Waals surface area contributed by atoms with Gasteiger partial charge in [-0.1, -0.05) is 36.4 Å². The summed E-state index contributed by atoms with van der Waals surface area (Å²) in [6.45, 7) is 4.18. The normalized spacial score (nSPS) is 12.6. The van der Waals surface area contributed by atoms with Crippen molar-refractivity contribution in [3.63, 3.8) is 0 Å². The lowest BCUT2D eigenvalue weighted by Gasteiger charge is -2.02. The third-order valence-electron chi connectivity index (χ3n) is 1.77. The first-order valence-corrected chi connectivity index (χ1v) is 4.59. The van der Waals surface area contributed by atoms with Gasteiger partial charge in [-0.15, -0.1) is 6.58 Å². The zero-order valence-electron chi connectivity index (χ0n) is 8.06. The van der Waals surface area contributed by atoms with Gasteiger partial charge in [0.15, 0.2) is 0 Å². The Morgan fingerprint density at radius 3 is 2.71 bits per heavy atom. The molecule has 0 amide bonds. The van der Waals surface area contributed by atoms with Gasteiger partial charge in [-0.25, -0.2) is 0 Å². The van der Waals surface area contributed by atoms with E-state index in [0.29, 0.717) is 6.54 Å². The van der Waals surface area contributed by atoms with E-state index in [2.05, 4.69) is 11.9 Å². The van der Waals surface area contributed by atoms with Crippen molar-refractivity contribution in [2.45, 2.75) is 6.10 Å². The van der Waals surface area contributed by atoms with Gasteiger partial charge in [0.05, 0.1) is 6.10 Å². The Bertz CT molecular complexity index is 292. The van der Waals surface area contributed by atoms with E-state index in [9.17, 15) is 0 Å². The third-order valence-corrected chi connectivity index (χ3v) is 1.77. The van der Waals surface area contributed by atoms with Crippen LogP contribution >= 0.6 is 0 Å². The highest BCUT2D eigenvalue weighted by atomic mass is 16.3. The van der Waals surface area contributed by atoms with Gasteiger partial charge in [0.2, 0.25) is 0 Å². The van der Waals surface area contributed by atoms with Crippen molar-refractivity contribution < 1.29 is 5.11 Å². The molecule has 1 unspecified atom stereocenters. The molecule has 2 N–H and O–H groups in total. The maximum atomic E-state index is 9.12. The molecule has 0 saturated carbocycles. The number of aliphatic hydroxyl groups is 1. The highest BCUT2D eigenvalue weighted by Crippen LogP contribution is 2.03. The molecule has 0 aliphatic heterocycles. The second-order valence-corrected chi connectivity index (χ2v) is 2.90. The number of rotatable bonds is 5. The molecule has 1 atom stereocenters. The zero-order valence-corrected chi connectivity index (χ0v) is 8.06. The van der Waals surface area contributed by atoms with Crippen LogP contribution in [0.2, 0.25) is 0 Å². The monoisotopic (exact) mass is 189 g/mol. The largest absolute Gasteiger partial charge is 0.385 e. The first kappa shape index (κ1) is 10.5. The van der Waals surface area contributed by atoms with Crippen molar-refractivity contribution in [1.82, 2.24) is 0 Å². The predicted octanol–water partition coefficient (Wildman–Crippen LogP) is 2.20. The smallest absolute Gasteiger partial charge is 0.0900 e. The molecule has 1 rings (SSSR count). The minimum Gasteiger partial charge on any atom is -0.385 e. The standard InChI is InChI=1S/C12H15NO/c1-2-12(14)9-6-10-13-11-7-4-3-5-8-11/h2-9,12-14H,1,10H2. The second-order valence-electron chi connectivity index (χ2n) is 2.90. The Balaban J connectivity index is 2.28. The van der Waals surface area contributed by atoms with Crippen LogP contribution < -0.4 is 5.32 Å². The number of para-hydroxylation sites is 1. The fraction of sp³-hybridized carbons (Fsp3) is 0.167. The molecule has 0 aromatic heterocycles. The molecule has 0 spiro atoms. The highest BCUT2D eigenvalue weighted by Gasteiger charge is 1.88. The van der Waals surface area contributed by atoms with E-state index in [4.69, 9.17) is 5.11 Å². The van der Waals surface area contributed by atoms with Gasteiger partial charge in [0.1, 0.15) is 0 Å². The van der Waals surface area contributed by atoms with Crippen molar-refractivity contribution in [3.8, 4) is 0 Å². The fourth-order valence-corrected chi connectivity index (χ4v) is 1.02. The Labute approximate surface area is 84.6 Å². The van der Waals surface area contributed by atoms with Crippen molar-refractivity contribution in [2.75, 3.05) is 11.9 Å². The van der Waals surface area contributed by atoms with Crippen LogP contribution in [0.15, 0.2) is 55.1 Å². The number of nitrogens with one attached hydrogen (secondary N) is 1. The maximum Gasteiger partial charge on any atom is 0.0900 e. The minimum absolute atomic E-state index is 0.549. The van der Waals surface area contributed by atoms with Crippen LogP contribution in [0.5, 0.6) is 0 Å². The van der Waals surface area contributed by atoms with Crippen LogP contribution in [0.25, 0.3) is 0 Å². The molecule has 1 aromatic carbocycles. The predicted molar refractivity (Wildman–Crippen MR) is 60.3 cm³/mol. The van der Waals surface area contributed by atoms with E-state index >= 15 is 0 Å². The van der Waals surface area contributed by atoms with E-state index in [-0.39, 0.29) is 0 Å². The van der Waals surface area contributed by atoms with Crippen LogP contribution in [0, 0.1) is 0 Å². The molecule has 14 heavy (non-hydrogen) atoms. The van der Waals surface area contributed by atoms with E-state index in [1.165, 1.54) is 6.08 Å². The minimum atomic E-state index is -0.549. The Kier molecular flexibility index (Phi) is 4.51. The summed E-state index contributed by atoms with van der Waals surface area (Å²) in [5.74, 6) is 0. The van der Waals surface area contributed by atoms with E-state index in [0.717, 1.165) is 5.69 Å². The summed E-state index contributed by atoms with van der Waals surface area (Å²) < 4.78 is 0. The van der Waals surface area contributed by atoms with E-state index in [1.807, 2.05) is 36.4 Å². The highest BCUT2D eigenvalue weighted by molar-refractivity contribution is 5.42. The van der Waals surface area contributed by atoms with Crippen molar-refractivity contribution in [2.24, 2.45) is 0 Å². The van der Waals surface area contributed by atoms with Gasteiger partial charge >= 0.3 is 0 Å². The van der Waals surface area contributed by atoms with E-state index < -0.39 is 6.10 Å². The molecule has 2 heteroatoms. The molecule has 74 valence electrons. The van der Waals surface area contributed by atoms with Crippen LogP contribution in [-0.4, -0.2) is 17.8 Å². The molecular formula is C12H15NO. The first-order chi connectivity index (χ1) is 6.83. The van der Waals surface area contributed by atoms with Gasteiger partial charge in [0, 0.05) is 12.2 Å². The number of aliphatic hydroxyl groups excluding tert-OH is 1. The molecule has 0 saturated heterocycles. The molecule has 0 aliphatic carbocycles. The maximum absolute atomic E-state index is 9.12. The number of hydrogen-bond donors (Lipinski definition) is 2. The molecule has 0 fully saturated rings. The molecule has 0 radical (unpaired) electrons. The number of hydrogen-bond acceptors (Lipinski definition) is 2. The molecule has 0 aliphatic rings. The fourth-order valence-electron chi connectivity index (χ4n) is 1.02. The van der Waals surface area contributed by atoms with Crippen molar-refractivity contribution >= 4 is 5.69 Å². The van der Waals surface area contributed by atoms with Crippen molar-refractivity contribution in [3.05, 3.63) is 55.1 Å². The van der Waals surface area contributed by atoms with Crippen LogP contribution in [0.1, 0.15) is 0 Å². The Morgan fingerprint density at radius 1 is 1.36 bits per heavy atom. The van der Waals surface area contributed by atoms with Gasteiger partial charge in [-0.05, 0) is 12.1 Å². The lowest BCUT2D eigenvalue weighted by Crippen LogP contribution is -2.00.